The summed E-state index contributed by atoms with van der Waals surface area (Å²) in [5.41, 5.74) is -0.350. The van der Waals surface area contributed by atoms with Crippen molar-refractivity contribution in [2.24, 2.45) is 0 Å². The van der Waals surface area contributed by atoms with Crippen LogP contribution in [0.4, 0.5) is 21.1 Å². The van der Waals surface area contributed by atoms with Crippen molar-refractivity contribution in [1.82, 2.24) is 20.1 Å². The number of aliphatic hydroxyl groups is 1. The number of carbonyl (C=O) groups is 2. The molecule has 0 radical (unpaired) electrons. The van der Waals surface area contributed by atoms with Gasteiger partial charge >= 0.3 is 12.2 Å². The molecule has 0 aromatic carbocycles. The van der Waals surface area contributed by atoms with E-state index in [4.69, 9.17) is 19.3 Å². The maximum absolute atomic E-state index is 13.8. The van der Waals surface area contributed by atoms with Crippen LogP contribution >= 0.6 is 0 Å². The van der Waals surface area contributed by atoms with Gasteiger partial charge in [0, 0.05) is 30.3 Å². The van der Waals surface area contributed by atoms with E-state index in [1.54, 1.807) is 18.3 Å². The molecule has 0 spiro atoms. The molecule has 43 heavy (non-hydrogen) atoms. The van der Waals surface area contributed by atoms with Gasteiger partial charge in [0.2, 0.25) is 5.88 Å². The van der Waals surface area contributed by atoms with Crippen molar-refractivity contribution in [3.05, 3.63) is 30.1 Å². The number of hydrogen-bond acceptors (Lipinski definition) is 8. The molecule has 240 valence electrons. The van der Waals surface area contributed by atoms with Gasteiger partial charge in [-0.3, -0.25) is 0 Å². The van der Waals surface area contributed by atoms with Crippen LogP contribution in [-0.4, -0.2) is 62.0 Å². The monoisotopic (exact) mass is 601 g/mol. The van der Waals surface area contributed by atoms with Crippen LogP contribution in [0, 0.1) is 0 Å². The second-order valence-electron chi connectivity index (χ2n) is 14.4. The summed E-state index contributed by atoms with van der Waals surface area (Å²) in [6.45, 7) is 19.3. The number of aromatic nitrogens is 3. The SMILES string of the molecule is CC(CCCOc1cc(N(C(=O)OC(C)(C)C)c2cc([C@H]3CC[C@@H](O)C3)nn2C(C)(C)C)ccn1)NC(=O)OC(C)(C)C. The van der Waals surface area contributed by atoms with Crippen LogP contribution in [0.15, 0.2) is 24.4 Å². The van der Waals surface area contributed by atoms with Gasteiger partial charge in [0.1, 0.15) is 17.0 Å². The maximum atomic E-state index is 13.8. The van der Waals surface area contributed by atoms with Gasteiger partial charge in [0.25, 0.3) is 0 Å². The number of aliphatic hydroxyl groups excluding tert-OH is 1. The lowest BCUT2D eigenvalue weighted by Gasteiger charge is -2.30. The molecule has 1 saturated carbocycles. The first-order valence-corrected chi connectivity index (χ1v) is 15.2. The van der Waals surface area contributed by atoms with Gasteiger partial charge in [-0.25, -0.2) is 24.2 Å². The Balaban J connectivity index is 1.82. The van der Waals surface area contributed by atoms with Crippen molar-refractivity contribution < 1.29 is 28.9 Å². The molecular weight excluding hydrogens is 550 g/mol. The zero-order valence-electron chi connectivity index (χ0n) is 27.6. The van der Waals surface area contributed by atoms with Crippen molar-refractivity contribution in [2.75, 3.05) is 11.5 Å². The Hall–Kier alpha value is -3.34. The van der Waals surface area contributed by atoms with E-state index in [-0.39, 0.29) is 18.1 Å². The number of nitrogens with zero attached hydrogens (tertiary/aromatic N) is 4. The fourth-order valence-corrected chi connectivity index (χ4v) is 4.87. The summed E-state index contributed by atoms with van der Waals surface area (Å²) in [7, 11) is 0. The lowest BCUT2D eigenvalue weighted by molar-refractivity contribution is 0.0503. The van der Waals surface area contributed by atoms with Crippen LogP contribution in [0.3, 0.4) is 0 Å². The van der Waals surface area contributed by atoms with Crippen LogP contribution in [0.5, 0.6) is 5.88 Å². The third kappa shape index (κ3) is 10.4. The number of hydrogen-bond donors (Lipinski definition) is 2. The first kappa shape index (κ1) is 34.2. The van der Waals surface area contributed by atoms with Gasteiger partial charge in [-0.05, 0) is 107 Å². The zero-order chi connectivity index (χ0) is 32.2. The fraction of sp³-hybridized carbons (Fsp3) is 0.688. The second kappa shape index (κ2) is 13.5. The molecule has 1 fully saturated rings. The van der Waals surface area contributed by atoms with E-state index in [9.17, 15) is 14.7 Å². The molecule has 1 unspecified atom stereocenters. The lowest BCUT2D eigenvalue weighted by Crippen LogP contribution is -2.37. The van der Waals surface area contributed by atoms with E-state index in [1.165, 1.54) is 4.90 Å². The molecule has 2 amide bonds. The predicted molar refractivity (Wildman–Crippen MR) is 166 cm³/mol. The molecule has 2 heterocycles. The highest BCUT2D eigenvalue weighted by Crippen LogP contribution is 2.39. The number of carbonyl (C=O) groups excluding carboxylic acids is 2. The van der Waals surface area contributed by atoms with Crippen LogP contribution in [0.1, 0.15) is 113 Å². The average Bonchev–Trinajstić information content (AvgIpc) is 3.46. The number of anilines is 2. The van der Waals surface area contributed by atoms with Gasteiger partial charge in [0.05, 0.1) is 29.6 Å². The van der Waals surface area contributed by atoms with Crippen molar-refractivity contribution in [3.63, 3.8) is 0 Å². The third-order valence-corrected chi connectivity index (χ3v) is 6.74. The van der Waals surface area contributed by atoms with Crippen molar-refractivity contribution in [1.29, 1.82) is 0 Å². The van der Waals surface area contributed by atoms with Crippen molar-refractivity contribution in [2.45, 2.75) is 136 Å². The Morgan fingerprint density at radius 1 is 1.07 bits per heavy atom. The first-order chi connectivity index (χ1) is 19.8. The standard InChI is InChI=1S/C32H51N5O6/c1-21(34-28(39)42-31(5,6)7)12-11-17-41-26-19-23(15-16-33-26)36(29(40)43-32(8,9)10)27-20-25(22-13-14-24(38)18-22)35-37(27)30(2,3)4/h15-16,19-22,24,38H,11-14,17-18H2,1-10H3,(H,34,39)/t21?,22-,24+/m0/s1. The molecule has 2 aromatic heterocycles. The van der Waals surface area contributed by atoms with Gasteiger partial charge in [-0.2, -0.15) is 5.10 Å². The lowest BCUT2D eigenvalue weighted by atomic mass is 10.0. The summed E-state index contributed by atoms with van der Waals surface area (Å²) in [5, 5.41) is 17.9. The summed E-state index contributed by atoms with van der Waals surface area (Å²) < 4.78 is 19.0. The Morgan fingerprint density at radius 2 is 1.74 bits per heavy atom. The number of pyridine rings is 1. The van der Waals surface area contributed by atoms with Crippen molar-refractivity contribution >= 4 is 23.7 Å². The smallest absolute Gasteiger partial charge is 0.420 e. The summed E-state index contributed by atoms with van der Waals surface area (Å²) in [6.07, 6.45) is 3.85. The quantitative estimate of drug-likeness (QED) is 0.300. The maximum Gasteiger partial charge on any atom is 0.420 e. The molecule has 2 aromatic rings. The molecule has 2 N–H and O–H groups in total. The van der Waals surface area contributed by atoms with E-state index in [1.807, 2.05) is 80.0 Å². The third-order valence-electron chi connectivity index (χ3n) is 6.74. The van der Waals surface area contributed by atoms with Crippen molar-refractivity contribution in [3.8, 4) is 5.88 Å². The van der Waals surface area contributed by atoms with E-state index in [2.05, 4.69) is 10.3 Å². The molecule has 0 saturated heterocycles. The van der Waals surface area contributed by atoms with Crippen LogP contribution in [0.25, 0.3) is 0 Å². The fourth-order valence-electron chi connectivity index (χ4n) is 4.87. The molecule has 11 nitrogen and oxygen atoms in total. The summed E-state index contributed by atoms with van der Waals surface area (Å²) >= 11 is 0. The van der Waals surface area contributed by atoms with E-state index >= 15 is 0 Å². The van der Waals surface area contributed by atoms with Crippen LogP contribution < -0.4 is 15.0 Å². The topological polar surface area (TPSA) is 128 Å². The molecule has 0 bridgehead atoms. The Labute approximate surface area is 256 Å². The van der Waals surface area contributed by atoms with Gasteiger partial charge in [-0.15, -0.1) is 0 Å². The Bertz CT molecular complexity index is 1240. The molecular formula is C32H51N5O6. The normalized spacial score (nSPS) is 18.2. The minimum absolute atomic E-state index is 0.0896. The van der Waals surface area contributed by atoms with Crippen LogP contribution in [0.2, 0.25) is 0 Å². The average molecular weight is 602 g/mol. The van der Waals surface area contributed by atoms with Gasteiger partial charge in [-0.1, -0.05) is 0 Å². The predicted octanol–water partition coefficient (Wildman–Crippen LogP) is 6.81. The number of rotatable bonds is 9. The van der Waals surface area contributed by atoms with Gasteiger partial charge in [0.15, 0.2) is 0 Å². The second-order valence-corrected chi connectivity index (χ2v) is 14.4. The largest absolute Gasteiger partial charge is 0.478 e. The number of alkyl carbamates (subject to hydrolysis) is 1. The first-order valence-electron chi connectivity index (χ1n) is 15.2. The number of ether oxygens (including phenoxy) is 3. The molecule has 11 heteroatoms. The van der Waals surface area contributed by atoms with E-state index in [0.717, 1.165) is 18.5 Å². The molecule has 1 aliphatic rings. The summed E-state index contributed by atoms with van der Waals surface area (Å²) in [6, 6.07) is 5.29. The Morgan fingerprint density at radius 3 is 2.33 bits per heavy atom. The highest BCUT2D eigenvalue weighted by Gasteiger charge is 2.34. The van der Waals surface area contributed by atoms with Crippen LogP contribution in [-0.2, 0) is 15.0 Å². The highest BCUT2D eigenvalue weighted by molar-refractivity contribution is 5.95. The minimum Gasteiger partial charge on any atom is -0.478 e. The molecule has 3 rings (SSSR count). The molecule has 1 aliphatic carbocycles. The molecule has 0 aliphatic heterocycles. The van der Waals surface area contributed by atoms with Gasteiger partial charge < -0.3 is 24.6 Å². The zero-order valence-corrected chi connectivity index (χ0v) is 27.6. The number of amides is 2. The van der Waals surface area contributed by atoms with E-state index in [0.29, 0.717) is 43.3 Å². The Kier molecular flexibility index (Phi) is 10.7. The highest BCUT2D eigenvalue weighted by atomic mass is 16.6. The number of nitrogens with one attached hydrogen (secondary N) is 1. The minimum atomic E-state index is -0.725. The van der Waals surface area contributed by atoms with E-state index < -0.39 is 28.9 Å². The summed E-state index contributed by atoms with van der Waals surface area (Å²) in [5.74, 6) is 1.04. The summed E-state index contributed by atoms with van der Waals surface area (Å²) in [4.78, 5) is 31.7. The molecule has 3 atom stereocenters.